The molecule has 2 rings (SSSR count). The van der Waals surface area contributed by atoms with Crippen LogP contribution in [0.4, 0.5) is 5.69 Å². The van der Waals surface area contributed by atoms with Gasteiger partial charge in [-0.3, -0.25) is 4.79 Å². The number of carbonyl (C=O) groups is 1. The third-order valence-electron chi connectivity index (χ3n) is 2.75. The number of anilines is 1. The maximum Gasteiger partial charge on any atom is 0.262 e. The molecule has 21 heavy (non-hydrogen) atoms. The number of halogens is 1. The molecule has 0 fully saturated rings. The van der Waals surface area contributed by atoms with Gasteiger partial charge < -0.3 is 9.73 Å². The number of rotatable bonds is 5. The zero-order valence-electron chi connectivity index (χ0n) is 11.8. The maximum absolute atomic E-state index is 11.9. The van der Waals surface area contributed by atoms with E-state index in [0.29, 0.717) is 10.8 Å². The summed E-state index contributed by atoms with van der Waals surface area (Å²) in [6, 6.07) is 10.3. The van der Waals surface area contributed by atoms with Crippen molar-refractivity contribution in [3.05, 3.63) is 52.9 Å². The van der Waals surface area contributed by atoms with Crippen molar-refractivity contribution in [1.82, 2.24) is 5.43 Å². The predicted molar refractivity (Wildman–Crippen MR) is 83.7 cm³/mol. The van der Waals surface area contributed by atoms with Gasteiger partial charge in [0.15, 0.2) is 0 Å². The first-order chi connectivity index (χ1) is 10.0. The highest BCUT2D eigenvalue weighted by Gasteiger charge is 2.11. The average molecular weight is 306 g/mol. The Hall–Kier alpha value is -2.27. The Balaban J connectivity index is 1.85. The van der Waals surface area contributed by atoms with Gasteiger partial charge in [0.25, 0.3) is 5.91 Å². The number of furan rings is 1. The summed E-state index contributed by atoms with van der Waals surface area (Å²) >= 11 is 5.80. The van der Waals surface area contributed by atoms with E-state index < -0.39 is 6.04 Å². The quantitative estimate of drug-likeness (QED) is 0.658. The second-order valence-electron chi connectivity index (χ2n) is 4.56. The summed E-state index contributed by atoms with van der Waals surface area (Å²) < 4.78 is 5.30. The molecule has 0 aliphatic heterocycles. The Morgan fingerprint density at radius 2 is 2.00 bits per heavy atom. The zero-order chi connectivity index (χ0) is 15.2. The highest BCUT2D eigenvalue weighted by atomic mass is 35.5. The summed E-state index contributed by atoms with van der Waals surface area (Å²) in [7, 11) is 0. The summed E-state index contributed by atoms with van der Waals surface area (Å²) in [4.78, 5) is 11.9. The van der Waals surface area contributed by atoms with E-state index in [1.807, 2.05) is 13.0 Å². The molecule has 110 valence electrons. The number of nitrogens with one attached hydrogen (secondary N) is 2. The van der Waals surface area contributed by atoms with Crippen molar-refractivity contribution in [3.63, 3.8) is 0 Å². The molecule has 0 bridgehead atoms. The highest BCUT2D eigenvalue weighted by Crippen LogP contribution is 2.14. The van der Waals surface area contributed by atoms with Crippen molar-refractivity contribution in [1.29, 1.82) is 0 Å². The molecule has 0 unspecified atom stereocenters. The van der Waals surface area contributed by atoms with Crippen molar-refractivity contribution < 1.29 is 9.21 Å². The van der Waals surface area contributed by atoms with E-state index in [1.165, 1.54) is 6.21 Å². The number of aryl methyl sites for hydroxylation is 1. The van der Waals surface area contributed by atoms with Crippen LogP contribution in [0.3, 0.4) is 0 Å². The van der Waals surface area contributed by atoms with E-state index in [4.69, 9.17) is 16.0 Å². The minimum Gasteiger partial charge on any atom is -0.460 e. The van der Waals surface area contributed by atoms with Crippen LogP contribution in [0, 0.1) is 6.92 Å². The molecule has 6 heteroatoms. The lowest BCUT2D eigenvalue weighted by Gasteiger charge is -2.13. The summed E-state index contributed by atoms with van der Waals surface area (Å²) in [6.07, 6.45) is 1.46. The number of hydrogen-bond donors (Lipinski definition) is 2. The lowest BCUT2D eigenvalue weighted by molar-refractivity contribution is -0.121. The number of hydrogen-bond acceptors (Lipinski definition) is 4. The van der Waals surface area contributed by atoms with E-state index in [1.54, 1.807) is 37.3 Å². The molecule has 1 aromatic carbocycles. The Kier molecular flexibility index (Phi) is 5.00. The van der Waals surface area contributed by atoms with Gasteiger partial charge in [-0.15, -0.1) is 0 Å². The molecule has 1 atom stereocenters. The van der Waals surface area contributed by atoms with Crippen LogP contribution in [-0.4, -0.2) is 18.2 Å². The Labute approximate surface area is 128 Å². The van der Waals surface area contributed by atoms with Crippen LogP contribution < -0.4 is 10.7 Å². The molecule has 5 nitrogen and oxygen atoms in total. The predicted octanol–water partition coefficient (Wildman–Crippen LogP) is 3.19. The lowest BCUT2D eigenvalue weighted by atomic mass is 10.2. The molecular weight excluding hydrogens is 290 g/mol. The van der Waals surface area contributed by atoms with Gasteiger partial charge in [-0.25, -0.2) is 5.43 Å². The van der Waals surface area contributed by atoms with Gasteiger partial charge in [0.2, 0.25) is 0 Å². The fourth-order valence-electron chi connectivity index (χ4n) is 1.64. The first-order valence-corrected chi connectivity index (χ1v) is 6.84. The van der Waals surface area contributed by atoms with Crippen LogP contribution in [0.25, 0.3) is 0 Å². The monoisotopic (exact) mass is 305 g/mol. The smallest absolute Gasteiger partial charge is 0.262 e. The molecule has 0 spiro atoms. The van der Waals surface area contributed by atoms with Gasteiger partial charge in [-0.2, -0.15) is 5.10 Å². The molecule has 0 radical (unpaired) electrons. The average Bonchev–Trinajstić information content (AvgIpc) is 2.87. The second kappa shape index (κ2) is 6.95. The van der Waals surface area contributed by atoms with Gasteiger partial charge in [0, 0.05) is 10.7 Å². The van der Waals surface area contributed by atoms with Gasteiger partial charge >= 0.3 is 0 Å². The third-order valence-corrected chi connectivity index (χ3v) is 3.00. The first-order valence-electron chi connectivity index (χ1n) is 6.46. The molecular formula is C15H16ClN3O2. The molecule has 2 aromatic rings. The van der Waals surface area contributed by atoms with Gasteiger partial charge in [-0.1, -0.05) is 11.6 Å². The minimum absolute atomic E-state index is 0.246. The van der Waals surface area contributed by atoms with Crippen LogP contribution in [-0.2, 0) is 4.79 Å². The minimum atomic E-state index is -0.429. The number of carbonyl (C=O) groups excluding carboxylic acids is 1. The van der Waals surface area contributed by atoms with Gasteiger partial charge in [0.1, 0.15) is 17.6 Å². The SMILES string of the molecule is Cc1ccc(/C=N\NC(=O)[C@H](C)Nc2ccc(Cl)cc2)o1. The van der Waals surface area contributed by atoms with Crippen LogP contribution in [0.1, 0.15) is 18.4 Å². The van der Waals surface area contributed by atoms with E-state index >= 15 is 0 Å². The number of nitrogens with zero attached hydrogens (tertiary/aromatic N) is 1. The third kappa shape index (κ3) is 4.65. The molecule has 2 N–H and O–H groups in total. The topological polar surface area (TPSA) is 66.6 Å². The largest absolute Gasteiger partial charge is 0.460 e. The van der Waals surface area contributed by atoms with Crippen molar-refractivity contribution in [3.8, 4) is 0 Å². The molecule has 1 amide bonds. The van der Waals surface area contributed by atoms with Crippen molar-refractivity contribution in [2.24, 2.45) is 5.10 Å². The molecule has 1 heterocycles. The molecule has 0 aliphatic rings. The molecule has 0 saturated heterocycles. The Morgan fingerprint density at radius 1 is 1.29 bits per heavy atom. The summed E-state index contributed by atoms with van der Waals surface area (Å²) in [5.41, 5.74) is 3.27. The van der Waals surface area contributed by atoms with Gasteiger partial charge in [-0.05, 0) is 50.2 Å². The zero-order valence-corrected chi connectivity index (χ0v) is 12.5. The van der Waals surface area contributed by atoms with E-state index in [-0.39, 0.29) is 5.91 Å². The number of hydrazone groups is 1. The molecule has 0 saturated carbocycles. The second-order valence-corrected chi connectivity index (χ2v) is 4.99. The standard InChI is InChI=1S/C15H16ClN3O2/c1-10-3-8-14(21-10)9-17-19-15(20)11(2)18-13-6-4-12(16)5-7-13/h3-9,11,18H,1-2H3,(H,19,20)/b17-9-/t11-/m0/s1. The number of benzene rings is 1. The lowest BCUT2D eigenvalue weighted by Crippen LogP contribution is -2.34. The molecule has 0 aliphatic carbocycles. The van der Waals surface area contributed by atoms with Crippen molar-refractivity contribution >= 4 is 29.4 Å². The fraction of sp³-hybridized carbons (Fsp3) is 0.200. The van der Waals surface area contributed by atoms with Crippen LogP contribution in [0.5, 0.6) is 0 Å². The summed E-state index contributed by atoms with van der Waals surface area (Å²) in [5.74, 6) is 1.14. The fourth-order valence-corrected chi connectivity index (χ4v) is 1.77. The van der Waals surface area contributed by atoms with Crippen LogP contribution >= 0.6 is 11.6 Å². The normalized spacial score (nSPS) is 12.3. The van der Waals surface area contributed by atoms with E-state index in [0.717, 1.165) is 11.4 Å². The van der Waals surface area contributed by atoms with Crippen LogP contribution in [0.15, 0.2) is 45.9 Å². The van der Waals surface area contributed by atoms with Gasteiger partial charge in [0.05, 0.1) is 6.21 Å². The number of amides is 1. The first kappa shape index (κ1) is 15.1. The maximum atomic E-state index is 11.9. The highest BCUT2D eigenvalue weighted by molar-refractivity contribution is 6.30. The Morgan fingerprint density at radius 3 is 2.62 bits per heavy atom. The van der Waals surface area contributed by atoms with Crippen molar-refractivity contribution in [2.45, 2.75) is 19.9 Å². The molecule has 1 aromatic heterocycles. The van der Waals surface area contributed by atoms with Crippen LogP contribution in [0.2, 0.25) is 5.02 Å². The van der Waals surface area contributed by atoms with E-state index in [9.17, 15) is 4.79 Å². The van der Waals surface area contributed by atoms with E-state index in [2.05, 4.69) is 15.8 Å². The van der Waals surface area contributed by atoms with Crippen molar-refractivity contribution in [2.75, 3.05) is 5.32 Å². The Bertz CT molecular complexity index is 635. The summed E-state index contributed by atoms with van der Waals surface area (Å²) in [6.45, 7) is 3.59. The summed E-state index contributed by atoms with van der Waals surface area (Å²) in [5, 5.41) is 7.55.